The molecule has 0 aliphatic heterocycles. The van der Waals surface area contributed by atoms with Gasteiger partial charge in [-0.25, -0.2) is 0 Å². The number of rotatable bonds is 22. The van der Waals surface area contributed by atoms with E-state index in [9.17, 15) is 0 Å². The van der Waals surface area contributed by atoms with Gasteiger partial charge in [0.15, 0.2) is 21.8 Å². The van der Waals surface area contributed by atoms with E-state index in [1.807, 2.05) is 0 Å². The molecule has 0 aliphatic rings. The fourth-order valence-corrected chi connectivity index (χ4v) is 9.04. The van der Waals surface area contributed by atoms with E-state index in [1.165, 1.54) is 27.4 Å². The summed E-state index contributed by atoms with van der Waals surface area (Å²) in [4.78, 5) is 0. The van der Waals surface area contributed by atoms with Gasteiger partial charge >= 0.3 is 0 Å². The van der Waals surface area contributed by atoms with Gasteiger partial charge in [-0.2, -0.15) is 0 Å². The Balaban J connectivity index is 2.50. The van der Waals surface area contributed by atoms with Crippen LogP contribution in [0.5, 0.6) is 11.5 Å². The molecular formula is C40H61NO4Si. The SMILES string of the molecule is CCCCc1cc(CCCC)c(OCOC)c(N(c2cc(CCCC)cc(CCCC)c2OCOC)[Si](C)(C)c2ccccc2)c1. The zero-order valence-corrected chi connectivity index (χ0v) is 31.2. The molecule has 46 heavy (non-hydrogen) atoms. The molecule has 254 valence electrons. The Kier molecular flexibility index (Phi) is 16.2. The molecule has 0 heterocycles. The normalized spacial score (nSPS) is 11.6. The Hall–Kier alpha value is -2.80. The summed E-state index contributed by atoms with van der Waals surface area (Å²) in [6.07, 6.45) is 13.1. The Morgan fingerprint density at radius 1 is 0.565 bits per heavy atom. The first-order valence-electron chi connectivity index (χ1n) is 17.8. The first kappa shape index (κ1) is 37.7. The maximum atomic E-state index is 6.61. The minimum absolute atomic E-state index is 0.201. The highest BCUT2D eigenvalue weighted by atomic mass is 28.3. The molecule has 0 saturated heterocycles. The lowest BCUT2D eigenvalue weighted by atomic mass is 9.98. The van der Waals surface area contributed by atoms with Gasteiger partial charge in [-0.05, 0) is 104 Å². The lowest BCUT2D eigenvalue weighted by molar-refractivity contribution is 0.0504. The molecular weight excluding hydrogens is 587 g/mol. The third-order valence-corrected chi connectivity index (χ3v) is 12.2. The zero-order chi connectivity index (χ0) is 33.4. The van der Waals surface area contributed by atoms with Crippen molar-refractivity contribution in [2.24, 2.45) is 0 Å². The van der Waals surface area contributed by atoms with Crippen LogP contribution in [0.2, 0.25) is 13.1 Å². The van der Waals surface area contributed by atoms with Gasteiger partial charge in [-0.15, -0.1) is 0 Å². The second-order valence-corrected chi connectivity index (χ2v) is 17.1. The Bertz CT molecular complexity index is 1230. The first-order chi connectivity index (χ1) is 22.4. The standard InChI is InChI=1S/C40H61NO4Si/c1-9-13-20-32-26-34(22-15-11-3)39(44-30-42-5)37(28-32)41(46(7,8)36-24-18-17-19-25-36)38-29-33(21-14-10-2)27-35(23-16-12-4)40(38)45-31-43-6/h17-19,24-29H,9-16,20-23,30-31H2,1-8H3. The molecule has 3 rings (SSSR count). The topological polar surface area (TPSA) is 40.2 Å². The van der Waals surface area contributed by atoms with Gasteiger partial charge in [0.2, 0.25) is 0 Å². The average molecular weight is 648 g/mol. The van der Waals surface area contributed by atoms with Gasteiger partial charge in [0, 0.05) is 14.2 Å². The second kappa shape index (κ2) is 19.8. The molecule has 0 radical (unpaired) electrons. The van der Waals surface area contributed by atoms with Crippen LogP contribution in [0, 0.1) is 0 Å². The molecule has 0 spiro atoms. The first-order valence-corrected chi connectivity index (χ1v) is 20.7. The number of unbranched alkanes of at least 4 members (excludes halogenated alkanes) is 4. The molecule has 0 aromatic heterocycles. The molecule has 0 N–H and O–H groups in total. The third kappa shape index (κ3) is 10.1. The number of ether oxygens (including phenoxy) is 4. The van der Waals surface area contributed by atoms with Crippen molar-refractivity contribution in [3.8, 4) is 11.5 Å². The molecule has 0 aliphatic carbocycles. The zero-order valence-electron chi connectivity index (χ0n) is 30.2. The highest BCUT2D eigenvalue weighted by Crippen LogP contribution is 2.47. The number of benzene rings is 3. The molecule has 0 atom stereocenters. The quantitative estimate of drug-likeness (QED) is 0.0802. The number of methoxy groups -OCH3 is 2. The maximum absolute atomic E-state index is 6.61. The van der Waals surface area contributed by atoms with Crippen LogP contribution in [-0.4, -0.2) is 36.0 Å². The van der Waals surface area contributed by atoms with Crippen LogP contribution in [0.3, 0.4) is 0 Å². The molecule has 3 aromatic rings. The predicted octanol–water partition coefficient (Wildman–Crippen LogP) is 10.3. The number of anilines is 2. The van der Waals surface area contributed by atoms with Crippen LogP contribution in [0.4, 0.5) is 11.4 Å². The summed E-state index contributed by atoms with van der Waals surface area (Å²) in [6, 6.07) is 20.6. The minimum Gasteiger partial charge on any atom is -0.465 e. The molecule has 6 heteroatoms. The molecule has 0 fully saturated rings. The van der Waals surface area contributed by atoms with Crippen molar-refractivity contribution in [3.05, 3.63) is 76.9 Å². The van der Waals surface area contributed by atoms with Gasteiger partial charge < -0.3 is 23.5 Å². The Labute approximate surface area is 281 Å². The molecule has 5 nitrogen and oxygen atoms in total. The summed E-state index contributed by atoms with van der Waals surface area (Å²) >= 11 is 0. The average Bonchev–Trinajstić information content (AvgIpc) is 3.07. The number of aryl methyl sites for hydroxylation is 4. The minimum atomic E-state index is -2.46. The van der Waals surface area contributed by atoms with E-state index >= 15 is 0 Å². The lowest BCUT2D eigenvalue weighted by Crippen LogP contribution is -2.56. The van der Waals surface area contributed by atoms with Crippen LogP contribution >= 0.6 is 0 Å². The van der Waals surface area contributed by atoms with Gasteiger partial charge in [0.1, 0.15) is 11.5 Å². The lowest BCUT2D eigenvalue weighted by Gasteiger charge is -2.42. The van der Waals surface area contributed by atoms with E-state index in [0.717, 1.165) is 99.9 Å². The highest BCUT2D eigenvalue weighted by molar-refractivity contribution is 6.93. The van der Waals surface area contributed by atoms with E-state index in [4.69, 9.17) is 18.9 Å². The van der Waals surface area contributed by atoms with Crippen molar-refractivity contribution in [1.29, 1.82) is 0 Å². The summed E-state index contributed by atoms with van der Waals surface area (Å²) in [6.45, 7) is 14.4. The number of hydrogen-bond donors (Lipinski definition) is 0. The second-order valence-electron chi connectivity index (χ2n) is 13.0. The van der Waals surface area contributed by atoms with E-state index < -0.39 is 8.24 Å². The van der Waals surface area contributed by atoms with Crippen LogP contribution in [0.1, 0.15) is 101 Å². The summed E-state index contributed by atoms with van der Waals surface area (Å²) in [5, 5.41) is 1.36. The molecule has 0 amide bonds. The van der Waals surface area contributed by atoms with Crippen LogP contribution in [-0.2, 0) is 35.2 Å². The van der Waals surface area contributed by atoms with E-state index in [0.29, 0.717) is 0 Å². The van der Waals surface area contributed by atoms with Gasteiger partial charge in [-0.1, -0.05) is 95.8 Å². The van der Waals surface area contributed by atoms with Gasteiger partial charge in [-0.3, -0.25) is 0 Å². The number of nitrogens with zero attached hydrogens (tertiary/aromatic N) is 1. The van der Waals surface area contributed by atoms with Crippen molar-refractivity contribution >= 4 is 24.8 Å². The van der Waals surface area contributed by atoms with Crippen molar-refractivity contribution in [2.45, 2.75) is 118 Å². The monoisotopic (exact) mass is 647 g/mol. The third-order valence-electron chi connectivity index (χ3n) is 8.81. The van der Waals surface area contributed by atoms with E-state index in [2.05, 4.69) is 100.0 Å². The van der Waals surface area contributed by atoms with E-state index in [-0.39, 0.29) is 13.6 Å². The fourth-order valence-electron chi connectivity index (χ4n) is 6.24. The van der Waals surface area contributed by atoms with Crippen molar-refractivity contribution in [2.75, 3.05) is 32.4 Å². The summed E-state index contributed by atoms with van der Waals surface area (Å²) in [5.41, 5.74) is 7.49. The molecule has 0 unspecified atom stereocenters. The van der Waals surface area contributed by atoms with Crippen molar-refractivity contribution < 1.29 is 18.9 Å². The number of hydrogen-bond acceptors (Lipinski definition) is 5. The maximum Gasteiger partial charge on any atom is 0.188 e. The van der Waals surface area contributed by atoms with Crippen LogP contribution in [0.15, 0.2) is 54.6 Å². The summed E-state index contributed by atoms with van der Waals surface area (Å²) in [7, 11) is 0.951. The smallest absolute Gasteiger partial charge is 0.188 e. The molecule has 3 aromatic carbocycles. The van der Waals surface area contributed by atoms with Crippen LogP contribution < -0.4 is 19.2 Å². The largest absolute Gasteiger partial charge is 0.465 e. The van der Waals surface area contributed by atoms with Gasteiger partial charge in [0.25, 0.3) is 0 Å². The van der Waals surface area contributed by atoms with Crippen LogP contribution in [0.25, 0.3) is 0 Å². The predicted molar refractivity (Wildman–Crippen MR) is 198 cm³/mol. The van der Waals surface area contributed by atoms with Crippen molar-refractivity contribution in [1.82, 2.24) is 0 Å². The summed E-state index contributed by atoms with van der Waals surface area (Å²) in [5.74, 6) is 1.86. The molecule has 0 bridgehead atoms. The van der Waals surface area contributed by atoms with Crippen molar-refractivity contribution in [3.63, 3.8) is 0 Å². The Morgan fingerprint density at radius 2 is 0.978 bits per heavy atom. The summed E-state index contributed by atoms with van der Waals surface area (Å²) < 4.78 is 26.9. The highest BCUT2D eigenvalue weighted by Gasteiger charge is 2.38. The van der Waals surface area contributed by atoms with E-state index in [1.54, 1.807) is 14.2 Å². The Morgan fingerprint density at radius 3 is 1.37 bits per heavy atom. The molecule has 0 saturated carbocycles. The van der Waals surface area contributed by atoms with Gasteiger partial charge in [0.05, 0.1) is 11.4 Å². The fraction of sp³-hybridized carbons (Fsp3) is 0.550.